The van der Waals surface area contributed by atoms with E-state index in [0.29, 0.717) is 19.1 Å². The van der Waals surface area contributed by atoms with Gasteiger partial charge in [0, 0.05) is 12.5 Å². The van der Waals surface area contributed by atoms with Gasteiger partial charge in [-0.15, -0.1) is 16.8 Å². The Morgan fingerprint density at radius 2 is 2.04 bits per heavy atom. The van der Waals surface area contributed by atoms with Gasteiger partial charge in [-0.25, -0.2) is 0 Å². The summed E-state index contributed by atoms with van der Waals surface area (Å²) in [7, 11) is 0. The van der Waals surface area contributed by atoms with Crippen LogP contribution in [-0.4, -0.2) is 27.3 Å². The third-order valence-electron chi connectivity index (χ3n) is 4.85. The van der Waals surface area contributed by atoms with Gasteiger partial charge in [0.15, 0.2) is 5.16 Å². The number of ether oxygens (including phenoxy) is 1. The number of hydrogen-bond acceptors (Lipinski definition) is 5. The highest BCUT2D eigenvalue weighted by molar-refractivity contribution is 8.00. The first-order chi connectivity index (χ1) is 13.2. The number of hydrogen-bond donors (Lipinski definition) is 0. The lowest BCUT2D eigenvalue weighted by atomic mass is 9.89. The molecule has 144 valence electrons. The number of nitrogens with zero attached hydrogens (tertiary/aromatic N) is 3. The summed E-state index contributed by atoms with van der Waals surface area (Å²) >= 11 is 1.41. The largest absolute Gasteiger partial charge is 0.465 e. The van der Waals surface area contributed by atoms with Crippen LogP contribution in [0.4, 0.5) is 0 Å². The summed E-state index contributed by atoms with van der Waals surface area (Å²) < 4.78 is 7.43. The minimum absolute atomic E-state index is 0.249. The van der Waals surface area contributed by atoms with E-state index in [-0.39, 0.29) is 5.97 Å². The molecule has 27 heavy (non-hydrogen) atoms. The van der Waals surface area contributed by atoms with E-state index in [9.17, 15) is 4.79 Å². The molecule has 1 heterocycles. The molecular weight excluding hydrogens is 358 g/mol. The fourth-order valence-electron chi connectivity index (χ4n) is 3.55. The Balaban J connectivity index is 1.89. The molecule has 1 atom stereocenters. The zero-order valence-electron chi connectivity index (χ0n) is 15.8. The monoisotopic (exact) mass is 385 g/mol. The first kappa shape index (κ1) is 19.7. The summed E-state index contributed by atoms with van der Waals surface area (Å²) in [6, 6.07) is 9.71. The third-order valence-corrected chi connectivity index (χ3v) is 6.07. The number of rotatable bonds is 8. The zero-order chi connectivity index (χ0) is 19.1. The van der Waals surface area contributed by atoms with E-state index in [1.54, 1.807) is 0 Å². The van der Waals surface area contributed by atoms with E-state index in [4.69, 9.17) is 4.74 Å². The second-order valence-electron chi connectivity index (χ2n) is 6.74. The molecule has 3 rings (SSSR count). The van der Waals surface area contributed by atoms with E-state index >= 15 is 0 Å². The first-order valence-electron chi connectivity index (χ1n) is 9.66. The lowest BCUT2D eigenvalue weighted by Crippen LogP contribution is -2.15. The van der Waals surface area contributed by atoms with Gasteiger partial charge in [0.2, 0.25) is 0 Å². The lowest BCUT2D eigenvalue weighted by molar-refractivity contribution is -0.142. The molecule has 1 aliphatic rings. The van der Waals surface area contributed by atoms with Crippen molar-refractivity contribution >= 4 is 17.7 Å². The van der Waals surface area contributed by atoms with Crippen molar-refractivity contribution in [1.29, 1.82) is 0 Å². The van der Waals surface area contributed by atoms with E-state index in [1.165, 1.54) is 31.0 Å². The van der Waals surface area contributed by atoms with Crippen molar-refractivity contribution in [2.24, 2.45) is 0 Å². The Kier molecular flexibility index (Phi) is 7.10. The average molecular weight is 386 g/mol. The van der Waals surface area contributed by atoms with Crippen LogP contribution in [0.25, 0.3) is 0 Å². The van der Waals surface area contributed by atoms with E-state index in [1.807, 2.05) is 43.3 Å². The van der Waals surface area contributed by atoms with Crippen LogP contribution in [0.3, 0.4) is 0 Å². The molecule has 6 heteroatoms. The quantitative estimate of drug-likeness (QED) is 0.367. The molecule has 0 spiro atoms. The number of esters is 1. The standard InChI is InChI=1S/C21H27N3O2S/c1-3-15-24-19(17-13-9-6-10-14-17)22-23-21(24)27-18(20(25)26-4-2)16-11-7-5-8-12-16/h3,5,7-8,11-12,17-18H,1,4,6,9-10,13-15H2,2H3/t18-/m0/s1. The summed E-state index contributed by atoms with van der Waals surface area (Å²) in [4.78, 5) is 12.6. The fourth-order valence-corrected chi connectivity index (χ4v) is 4.61. The number of carbonyl (C=O) groups is 1. The Morgan fingerprint density at radius 1 is 1.30 bits per heavy atom. The van der Waals surface area contributed by atoms with Crippen LogP contribution < -0.4 is 0 Å². The highest BCUT2D eigenvalue weighted by Crippen LogP contribution is 2.38. The van der Waals surface area contributed by atoms with Crippen LogP contribution in [0, 0.1) is 0 Å². The Hall–Kier alpha value is -2.08. The highest BCUT2D eigenvalue weighted by Gasteiger charge is 2.28. The predicted octanol–water partition coefficient (Wildman–Crippen LogP) is 4.91. The van der Waals surface area contributed by atoms with Crippen molar-refractivity contribution in [3.05, 3.63) is 54.4 Å². The summed E-state index contributed by atoms with van der Waals surface area (Å²) in [6.45, 7) is 6.71. The summed E-state index contributed by atoms with van der Waals surface area (Å²) in [5.74, 6) is 1.21. The average Bonchev–Trinajstić information content (AvgIpc) is 3.10. The SMILES string of the molecule is C=CCn1c(S[C@H](C(=O)OCC)c2ccccc2)nnc1C1CCCCC1. The van der Waals surface area contributed by atoms with Gasteiger partial charge < -0.3 is 9.30 Å². The van der Waals surface area contributed by atoms with Gasteiger partial charge in [0.1, 0.15) is 11.1 Å². The number of thioether (sulfide) groups is 1. The predicted molar refractivity (Wildman–Crippen MR) is 108 cm³/mol. The summed E-state index contributed by atoms with van der Waals surface area (Å²) in [5.41, 5.74) is 0.910. The molecule has 0 aliphatic heterocycles. The van der Waals surface area contributed by atoms with Gasteiger partial charge in [-0.2, -0.15) is 0 Å². The van der Waals surface area contributed by atoms with E-state index in [2.05, 4.69) is 21.3 Å². The van der Waals surface area contributed by atoms with Crippen molar-refractivity contribution in [2.75, 3.05) is 6.61 Å². The molecule has 0 amide bonds. The molecule has 0 bridgehead atoms. The Labute approximate surface area is 165 Å². The van der Waals surface area contributed by atoms with Gasteiger partial charge >= 0.3 is 5.97 Å². The van der Waals surface area contributed by atoms with Crippen LogP contribution in [0.2, 0.25) is 0 Å². The van der Waals surface area contributed by atoms with Crippen molar-refractivity contribution < 1.29 is 9.53 Å². The molecule has 1 saturated carbocycles. The van der Waals surface area contributed by atoms with Crippen molar-refractivity contribution in [1.82, 2.24) is 14.8 Å². The molecule has 0 unspecified atom stereocenters. The van der Waals surface area contributed by atoms with Crippen LogP contribution in [0.1, 0.15) is 61.6 Å². The molecule has 1 fully saturated rings. The molecule has 0 saturated heterocycles. The molecule has 1 aliphatic carbocycles. The molecule has 0 N–H and O–H groups in total. The number of carbonyl (C=O) groups excluding carboxylic acids is 1. The van der Waals surface area contributed by atoms with Crippen molar-refractivity contribution in [3.8, 4) is 0 Å². The van der Waals surface area contributed by atoms with Crippen molar-refractivity contribution in [2.45, 2.75) is 61.9 Å². The topological polar surface area (TPSA) is 57.0 Å². The molecular formula is C21H27N3O2S. The Morgan fingerprint density at radius 3 is 2.70 bits per heavy atom. The second kappa shape index (κ2) is 9.74. The van der Waals surface area contributed by atoms with Crippen LogP contribution in [-0.2, 0) is 16.1 Å². The molecule has 2 aromatic rings. The molecule has 5 nitrogen and oxygen atoms in total. The Bertz CT molecular complexity index is 754. The molecule has 1 aromatic carbocycles. The van der Waals surface area contributed by atoms with E-state index in [0.717, 1.165) is 29.4 Å². The van der Waals surface area contributed by atoms with Gasteiger partial charge in [-0.1, -0.05) is 67.4 Å². The molecule has 0 radical (unpaired) electrons. The maximum atomic E-state index is 12.6. The summed E-state index contributed by atoms with van der Waals surface area (Å²) in [5, 5.41) is 9.23. The zero-order valence-corrected chi connectivity index (χ0v) is 16.7. The smallest absolute Gasteiger partial charge is 0.324 e. The number of benzene rings is 1. The van der Waals surface area contributed by atoms with Gasteiger partial charge in [-0.05, 0) is 25.3 Å². The molecule has 1 aromatic heterocycles. The highest BCUT2D eigenvalue weighted by atomic mass is 32.2. The lowest BCUT2D eigenvalue weighted by Gasteiger charge is -2.22. The van der Waals surface area contributed by atoms with Gasteiger partial charge in [-0.3, -0.25) is 4.79 Å². The van der Waals surface area contributed by atoms with Crippen molar-refractivity contribution in [3.63, 3.8) is 0 Å². The van der Waals surface area contributed by atoms with Crippen LogP contribution >= 0.6 is 11.8 Å². The van der Waals surface area contributed by atoms with Crippen LogP contribution in [0.5, 0.6) is 0 Å². The number of aromatic nitrogens is 3. The number of allylic oxidation sites excluding steroid dienone is 1. The van der Waals surface area contributed by atoms with Gasteiger partial charge in [0.25, 0.3) is 0 Å². The maximum Gasteiger partial charge on any atom is 0.324 e. The minimum Gasteiger partial charge on any atom is -0.465 e. The minimum atomic E-state index is -0.460. The third kappa shape index (κ3) is 4.80. The summed E-state index contributed by atoms with van der Waals surface area (Å²) in [6.07, 6.45) is 7.95. The normalized spacial score (nSPS) is 16.0. The fraction of sp³-hybridized carbons (Fsp3) is 0.476. The first-order valence-corrected chi connectivity index (χ1v) is 10.5. The van der Waals surface area contributed by atoms with E-state index < -0.39 is 5.25 Å². The van der Waals surface area contributed by atoms with Crippen LogP contribution in [0.15, 0.2) is 48.1 Å². The second-order valence-corrected chi connectivity index (χ2v) is 7.81. The van der Waals surface area contributed by atoms with Gasteiger partial charge in [0.05, 0.1) is 6.61 Å². The maximum absolute atomic E-state index is 12.6.